The second-order valence-electron chi connectivity index (χ2n) is 9.74. The summed E-state index contributed by atoms with van der Waals surface area (Å²) < 4.78 is 28.3. The first kappa shape index (κ1) is 30.1. The molecule has 5 rings (SSSR count). The van der Waals surface area contributed by atoms with Gasteiger partial charge in [-0.3, -0.25) is 0 Å². The van der Waals surface area contributed by atoms with Crippen molar-refractivity contribution in [3.8, 4) is 0 Å². The van der Waals surface area contributed by atoms with E-state index in [2.05, 4.69) is 0 Å². The second kappa shape index (κ2) is 14.2. The van der Waals surface area contributed by atoms with Gasteiger partial charge in [-0.15, -0.1) is 0 Å². The maximum Gasteiger partial charge on any atom is 0.340 e. The van der Waals surface area contributed by atoms with Crippen LogP contribution in [0, 0.1) is 0 Å². The van der Waals surface area contributed by atoms with Gasteiger partial charge in [0.05, 0.1) is 22.3 Å². The van der Waals surface area contributed by atoms with E-state index in [-0.39, 0.29) is 22.3 Å². The number of hydrogen-bond donors (Lipinski definition) is 1. The zero-order valence-corrected chi connectivity index (χ0v) is 23.3. The summed E-state index contributed by atoms with van der Waals surface area (Å²) in [5, 5.41) is 11.4. The van der Waals surface area contributed by atoms with E-state index in [1.165, 1.54) is 36.4 Å². The molecule has 0 spiro atoms. The Labute approximate surface area is 252 Å². The van der Waals surface area contributed by atoms with Crippen LogP contribution in [0.2, 0.25) is 0 Å². The lowest BCUT2D eigenvalue weighted by atomic mass is 9.98. The van der Waals surface area contributed by atoms with Crippen molar-refractivity contribution < 1.29 is 48.0 Å². The predicted molar refractivity (Wildman–Crippen MR) is 155 cm³/mol. The monoisotopic (exact) mass is 596 g/mol. The summed E-state index contributed by atoms with van der Waals surface area (Å²) in [5.74, 6) is -3.22. The summed E-state index contributed by atoms with van der Waals surface area (Å²) in [4.78, 5) is 52.1. The van der Waals surface area contributed by atoms with Crippen LogP contribution in [0.25, 0.3) is 0 Å². The van der Waals surface area contributed by atoms with Crippen LogP contribution in [0.5, 0.6) is 0 Å². The van der Waals surface area contributed by atoms with Crippen molar-refractivity contribution in [2.75, 3.05) is 6.61 Å². The van der Waals surface area contributed by atoms with Crippen molar-refractivity contribution in [3.05, 3.63) is 144 Å². The first-order valence-electron chi connectivity index (χ1n) is 13.7. The van der Waals surface area contributed by atoms with Crippen molar-refractivity contribution in [3.63, 3.8) is 0 Å². The number of rotatable bonds is 9. The molecular weight excluding hydrogens is 568 g/mol. The van der Waals surface area contributed by atoms with Crippen LogP contribution >= 0.6 is 0 Å². The van der Waals surface area contributed by atoms with Crippen molar-refractivity contribution in [1.82, 2.24) is 0 Å². The van der Waals surface area contributed by atoms with E-state index in [1.54, 1.807) is 84.9 Å². The number of ether oxygens (including phenoxy) is 5. The maximum absolute atomic E-state index is 13.2. The largest absolute Gasteiger partial charge is 0.459 e. The minimum atomic E-state index is -1.67. The van der Waals surface area contributed by atoms with Crippen LogP contribution < -0.4 is 0 Å². The van der Waals surface area contributed by atoms with Crippen LogP contribution in [0.1, 0.15) is 41.4 Å². The molecule has 5 atom stereocenters. The van der Waals surface area contributed by atoms with E-state index < -0.39 is 61.2 Å². The number of aliphatic hydroxyl groups excluding tert-OH is 1. The summed E-state index contributed by atoms with van der Waals surface area (Å²) in [6.07, 6.45) is -7.91. The molecule has 4 aromatic rings. The molecule has 1 fully saturated rings. The van der Waals surface area contributed by atoms with Crippen molar-refractivity contribution in [2.24, 2.45) is 0 Å². The molecule has 44 heavy (non-hydrogen) atoms. The van der Waals surface area contributed by atoms with E-state index in [0.29, 0.717) is 0 Å². The van der Waals surface area contributed by atoms with Gasteiger partial charge in [0.15, 0.2) is 6.10 Å². The Balaban J connectivity index is 1.46. The fourth-order valence-corrected chi connectivity index (χ4v) is 4.48. The smallest absolute Gasteiger partial charge is 0.340 e. The molecule has 0 aliphatic carbocycles. The summed E-state index contributed by atoms with van der Waals surface area (Å²) in [6.45, 7) is -0.507. The molecule has 0 radical (unpaired) electrons. The molecule has 10 heteroatoms. The molecule has 1 N–H and O–H groups in total. The van der Waals surface area contributed by atoms with Crippen LogP contribution in [0.15, 0.2) is 121 Å². The van der Waals surface area contributed by atoms with Gasteiger partial charge in [0.25, 0.3) is 0 Å². The highest BCUT2D eigenvalue weighted by Crippen LogP contribution is 2.30. The molecule has 0 saturated carbocycles. The van der Waals surface area contributed by atoms with Crippen molar-refractivity contribution in [1.29, 1.82) is 0 Å². The number of carbonyl (C=O) groups excluding carboxylic acids is 4. The SMILES string of the molecule is O=C(OC[C@H]1OC(OC(=O)c2ccccc2)[C@@H](OC(=O)c2ccccc2)[C@@H](OC(=O)c2ccccc2)[C@@H]1O)c1ccccc1. The van der Waals surface area contributed by atoms with Gasteiger partial charge in [0.2, 0.25) is 12.4 Å². The third kappa shape index (κ3) is 7.35. The first-order valence-corrected chi connectivity index (χ1v) is 13.7. The van der Waals surface area contributed by atoms with Gasteiger partial charge in [0, 0.05) is 0 Å². The molecule has 224 valence electrons. The topological polar surface area (TPSA) is 135 Å². The molecule has 1 heterocycles. The zero-order valence-electron chi connectivity index (χ0n) is 23.3. The minimum Gasteiger partial charge on any atom is -0.459 e. The lowest BCUT2D eigenvalue weighted by Gasteiger charge is -2.42. The Morgan fingerprint density at radius 3 is 1.32 bits per heavy atom. The lowest BCUT2D eigenvalue weighted by Crippen LogP contribution is -2.62. The van der Waals surface area contributed by atoms with E-state index in [4.69, 9.17) is 23.7 Å². The fourth-order valence-electron chi connectivity index (χ4n) is 4.48. The van der Waals surface area contributed by atoms with E-state index in [0.717, 1.165) is 0 Å². The number of esters is 4. The van der Waals surface area contributed by atoms with Gasteiger partial charge in [0.1, 0.15) is 18.8 Å². The molecule has 4 aromatic carbocycles. The third-order valence-electron chi connectivity index (χ3n) is 6.74. The van der Waals surface area contributed by atoms with Gasteiger partial charge < -0.3 is 28.8 Å². The number of aliphatic hydroxyl groups is 1. The van der Waals surface area contributed by atoms with Crippen molar-refractivity contribution in [2.45, 2.75) is 30.7 Å². The summed E-state index contributed by atoms with van der Waals surface area (Å²) in [7, 11) is 0. The molecular formula is C34H28O10. The predicted octanol–water partition coefficient (Wildman–Crippen LogP) is 4.24. The van der Waals surface area contributed by atoms with Crippen LogP contribution in [-0.2, 0) is 23.7 Å². The second-order valence-corrected chi connectivity index (χ2v) is 9.74. The molecule has 1 saturated heterocycles. The summed E-state index contributed by atoms with van der Waals surface area (Å²) >= 11 is 0. The number of carbonyl (C=O) groups is 4. The third-order valence-corrected chi connectivity index (χ3v) is 6.74. The molecule has 0 bridgehead atoms. The van der Waals surface area contributed by atoms with Crippen molar-refractivity contribution >= 4 is 23.9 Å². The molecule has 1 aliphatic rings. The van der Waals surface area contributed by atoms with Crippen LogP contribution in [0.4, 0.5) is 0 Å². The Morgan fingerprint density at radius 1 is 0.523 bits per heavy atom. The number of benzene rings is 4. The number of hydrogen-bond acceptors (Lipinski definition) is 10. The Hall–Kier alpha value is -5.32. The van der Waals surface area contributed by atoms with E-state index in [9.17, 15) is 24.3 Å². The standard InChI is InChI=1S/C34H28O10/c35-27-26(21-40-30(36)22-13-5-1-6-14-22)41-34(44-33(39)25-19-11-4-12-20-25)29(43-32(38)24-17-9-3-10-18-24)28(27)42-31(37)23-15-7-2-8-16-23/h1-20,26-29,34-35H,21H2/t26-,27-,28+,29+,34?/m1/s1. The minimum absolute atomic E-state index is 0.155. The molecule has 0 amide bonds. The average molecular weight is 597 g/mol. The quantitative estimate of drug-likeness (QED) is 0.221. The zero-order chi connectivity index (χ0) is 30.9. The summed E-state index contributed by atoms with van der Waals surface area (Å²) in [6, 6.07) is 32.1. The normalized spacial score (nSPS) is 21.0. The molecule has 1 aliphatic heterocycles. The Bertz CT molecular complexity index is 1560. The highest BCUT2D eigenvalue weighted by molar-refractivity contribution is 5.91. The molecule has 1 unspecified atom stereocenters. The molecule has 0 aromatic heterocycles. The van der Waals surface area contributed by atoms with Gasteiger partial charge in [-0.05, 0) is 48.5 Å². The average Bonchev–Trinajstić information content (AvgIpc) is 3.08. The Morgan fingerprint density at radius 2 is 0.886 bits per heavy atom. The van der Waals surface area contributed by atoms with Gasteiger partial charge >= 0.3 is 23.9 Å². The highest BCUT2D eigenvalue weighted by atomic mass is 16.7. The maximum atomic E-state index is 13.2. The van der Waals surface area contributed by atoms with Crippen LogP contribution in [-0.4, -0.2) is 66.3 Å². The van der Waals surface area contributed by atoms with Gasteiger partial charge in [-0.2, -0.15) is 0 Å². The highest BCUT2D eigenvalue weighted by Gasteiger charge is 2.52. The Kier molecular flexibility index (Phi) is 9.75. The summed E-state index contributed by atoms with van der Waals surface area (Å²) in [5.41, 5.74) is 0.734. The fraction of sp³-hybridized carbons (Fsp3) is 0.176. The lowest BCUT2D eigenvalue weighted by molar-refractivity contribution is -0.283. The first-order chi connectivity index (χ1) is 21.4. The van der Waals surface area contributed by atoms with Crippen LogP contribution in [0.3, 0.4) is 0 Å². The van der Waals surface area contributed by atoms with Gasteiger partial charge in [-0.1, -0.05) is 72.8 Å². The van der Waals surface area contributed by atoms with E-state index in [1.807, 2.05) is 0 Å². The van der Waals surface area contributed by atoms with E-state index >= 15 is 0 Å². The molecule has 10 nitrogen and oxygen atoms in total. The van der Waals surface area contributed by atoms with Gasteiger partial charge in [-0.25, -0.2) is 19.2 Å².